The molecule has 0 aliphatic carbocycles. The molecule has 0 saturated heterocycles. The van der Waals surface area contributed by atoms with Crippen molar-refractivity contribution in [1.29, 1.82) is 0 Å². The van der Waals surface area contributed by atoms with E-state index in [-0.39, 0.29) is 36.2 Å². The van der Waals surface area contributed by atoms with Crippen LogP contribution in [-0.2, 0) is 28.6 Å². The molecular weight excluding hydrogens is 727 g/mol. The van der Waals surface area contributed by atoms with Gasteiger partial charge in [0.15, 0.2) is 12.1 Å². The number of unbranched alkanes of at least 4 members (excludes halogenated alkanes) is 25. The van der Waals surface area contributed by atoms with E-state index >= 15 is 0 Å². The number of carbonyl (C=O) groups is 3. The standard InChI is InChI=1S/C50H91NO7/c1-6-8-10-12-14-16-18-20-21-22-23-24-25-26-27-29-31-33-35-37-39-41-49(53)58-46(44-56-43-42-47(50(54)55)51(3,4)5)45-57-48(52)40-38-36-34-32-30-28-19-17-15-13-11-9-7-2/h9,11,13,15,17,19,46-47H,6-8,10,12,14,16,18,20-45H2,1-5H3/p+1/b11-9+,15-13+,19-17+. The summed E-state index contributed by atoms with van der Waals surface area (Å²) in [5.74, 6) is -1.48. The molecule has 2 atom stereocenters. The van der Waals surface area contributed by atoms with Gasteiger partial charge in [-0.2, -0.15) is 0 Å². The molecule has 338 valence electrons. The third kappa shape index (κ3) is 39.0. The number of carboxylic acid groups (broad SMARTS) is 1. The Morgan fingerprint density at radius 3 is 1.41 bits per heavy atom. The lowest BCUT2D eigenvalue weighted by Crippen LogP contribution is -2.50. The number of carbonyl (C=O) groups excluding carboxylic acids is 2. The van der Waals surface area contributed by atoms with Crippen LogP contribution < -0.4 is 0 Å². The summed E-state index contributed by atoms with van der Waals surface area (Å²) in [5, 5.41) is 9.63. The van der Waals surface area contributed by atoms with Crippen LogP contribution in [0, 0.1) is 0 Å². The van der Waals surface area contributed by atoms with Crippen LogP contribution in [0.4, 0.5) is 0 Å². The van der Waals surface area contributed by atoms with E-state index in [1.807, 2.05) is 27.2 Å². The topological polar surface area (TPSA) is 99.1 Å². The number of likely N-dealkylation sites (N-methyl/N-ethyl adjacent to an activating group) is 1. The first-order chi connectivity index (χ1) is 28.1. The molecule has 1 N–H and O–H groups in total. The summed E-state index contributed by atoms with van der Waals surface area (Å²) in [4.78, 5) is 37.0. The fourth-order valence-electron chi connectivity index (χ4n) is 7.15. The van der Waals surface area contributed by atoms with Crippen molar-refractivity contribution in [3.8, 4) is 0 Å². The predicted molar refractivity (Wildman–Crippen MR) is 243 cm³/mol. The Kier molecular flexibility index (Phi) is 39.5. The SMILES string of the molecule is CC/C=C/C=C/C=C/CCCCCCCC(=O)OCC(COCCC(C(=O)O)[N+](C)(C)C)OC(=O)CCCCCCCCCCCCCCCCCCCCCCC. The molecule has 0 rings (SSSR count). The normalized spacial score (nSPS) is 13.2. The van der Waals surface area contributed by atoms with Gasteiger partial charge in [-0.3, -0.25) is 9.59 Å². The molecule has 58 heavy (non-hydrogen) atoms. The van der Waals surface area contributed by atoms with Gasteiger partial charge in [-0.05, 0) is 32.1 Å². The highest BCUT2D eigenvalue weighted by molar-refractivity contribution is 5.72. The Bertz CT molecular complexity index is 1050. The van der Waals surface area contributed by atoms with E-state index in [1.165, 1.54) is 116 Å². The largest absolute Gasteiger partial charge is 0.477 e. The molecule has 8 heteroatoms. The highest BCUT2D eigenvalue weighted by Gasteiger charge is 2.31. The van der Waals surface area contributed by atoms with Gasteiger partial charge in [-0.25, -0.2) is 4.79 Å². The number of allylic oxidation sites excluding steroid dienone is 6. The quantitative estimate of drug-likeness (QED) is 0.0283. The average molecular weight is 819 g/mol. The van der Waals surface area contributed by atoms with E-state index in [1.54, 1.807) is 0 Å². The van der Waals surface area contributed by atoms with Crippen LogP contribution in [0.3, 0.4) is 0 Å². The molecule has 0 spiro atoms. The van der Waals surface area contributed by atoms with Crippen LogP contribution in [0.1, 0.15) is 213 Å². The number of esters is 2. The van der Waals surface area contributed by atoms with Crippen LogP contribution in [0.5, 0.6) is 0 Å². The Morgan fingerprint density at radius 2 is 0.966 bits per heavy atom. The minimum atomic E-state index is -0.877. The van der Waals surface area contributed by atoms with Crippen LogP contribution in [-0.4, -0.2) is 80.6 Å². The summed E-state index contributed by atoms with van der Waals surface area (Å²) in [6, 6.07) is -0.616. The molecule has 0 amide bonds. The van der Waals surface area contributed by atoms with Crippen molar-refractivity contribution < 1.29 is 38.2 Å². The first kappa shape index (κ1) is 55.5. The first-order valence-corrected chi connectivity index (χ1v) is 24.1. The first-order valence-electron chi connectivity index (χ1n) is 24.1. The summed E-state index contributed by atoms with van der Waals surface area (Å²) in [6.07, 6.45) is 47.7. The fraction of sp³-hybridized carbons (Fsp3) is 0.820. The molecule has 0 aliphatic rings. The van der Waals surface area contributed by atoms with Gasteiger partial charge in [0.1, 0.15) is 6.61 Å². The number of hydrogen-bond acceptors (Lipinski definition) is 6. The summed E-state index contributed by atoms with van der Waals surface area (Å²) >= 11 is 0. The number of aliphatic carboxylic acids is 1. The van der Waals surface area contributed by atoms with Gasteiger partial charge in [0, 0.05) is 19.3 Å². The maximum absolute atomic E-state index is 12.8. The molecule has 0 saturated carbocycles. The lowest BCUT2D eigenvalue weighted by Gasteiger charge is -2.31. The number of quaternary nitrogens is 1. The van der Waals surface area contributed by atoms with Crippen molar-refractivity contribution in [3.05, 3.63) is 36.5 Å². The zero-order valence-electron chi connectivity index (χ0n) is 38.5. The van der Waals surface area contributed by atoms with E-state index in [4.69, 9.17) is 14.2 Å². The second kappa shape index (κ2) is 41.3. The molecule has 2 unspecified atom stereocenters. The zero-order valence-corrected chi connectivity index (χ0v) is 38.5. The minimum absolute atomic E-state index is 0.0570. The smallest absolute Gasteiger partial charge is 0.362 e. The van der Waals surface area contributed by atoms with E-state index in [9.17, 15) is 19.5 Å². The third-order valence-electron chi connectivity index (χ3n) is 10.9. The Hall–Kier alpha value is -2.45. The van der Waals surface area contributed by atoms with Gasteiger partial charge in [-0.15, -0.1) is 0 Å². The highest BCUT2D eigenvalue weighted by atomic mass is 16.6. The summed E-state index contributed by atoms with van der Waals surface area (Å²) < 4.78 is 17.3. The molecular formula is C50H92NO7+. The van der Waals surface area contributed by atoms with Crippen molar-refractivity contribution in [2.24, 2.45) is 0 Å². The zero-order chi connectivity index (χ0) is 42.8. The number of rotatable bonds is 43. The van der Waals surface area contributed by atoms with Crippen LogP contribution in [0.15, 0.2) is 36.5 Å². The minimum Gasteiger partial charge on any atom is -0.477 e. The molecule has 0 heterocycles. The average Bonchev–Trinajstić information content (AvgIpc) is 3.18. The van der Waals surface area contributed by atoms with E-state index < -0.39 is 18.1 Å². The van der Waals surface area contributed by atoms with Crippen molar-refractivity contribution in [2.45, 2.75) is 225 Å². The summed E-state index contributed by atoms with van der Waals surface area (Å²) in [6.45, 7) is 4.61. The van der Waals surface area contributed by atoms with Crippen LogP contribution in [0.25, 0.3) is 0 Å². The lowest BCUT2D eigenvalue weighted by molar-refractivity contribution is -0.887. The third-order valence-corrected chi connectivity index (χ3v) is 10.9. The predicted octanol–water partition coefficient (Wildman–Crippen LogP) is 13.4. The van der Waals surface area contributed by atoms with Gasteiger partial charge in [-0.1, -0.05) is 198 Å². The summed E-state index contributed by atoms with van der Waals surface area (Å²) in [7, 11) is 5.53. The number of nitrogens with zero attached hydrogens (tertiary/aromatic N) is 1. The maximum atomic E-state index is 12.8. The summed E-state index contributed by atoms with van der Waals surface area (Å²) in [5.41, 5.74) is 0. The van der Waals surface area contributed by atoms with Gasteiger partial charge in [0.2, 0.25) is 0 Å². The van der Waals surface area contributed by atoms with Gasteiger partial charge >= 0.3 is 17.9 Å². The molecule has 0 aromatic carbocycles. The van der Waals surface area contributed by atoms with Crippen molar-refractivity contribution >= 4 is 17.9 Å². The highest BCUT2D eigenvalue weighted by Crippen LogP contribution is 2.16. The number of carboxylic acids is 1. The molecule has 0 bridgehead atoms. The van der Waals surface area contributed by atoms with E-state index in [0.29, 0.717) is 19.3 Å². The Labute approximate surface area is 357 Å². The van der Waals surface area contributed by atoms with Crippen LogP contribution >= 0.6 is 0 Å². The van der Waals surface area contributed by atoms with Gasteiger partial charge in [0.25, 0.3) is 0 Å². The Morgan fingerprint density at radius 1 is 0.534 bits per heavy atom. The van der Waals surface area contributed by atoms with Gasteiger partial charge < -0.3 is 23.8 Å². The van der Waals surface area contributed by atoms with E-state index in [0.717, 1.165) is 64.2 Å². The van der Waals surface area contributed by atoms with Crippen molar-refractivity contribution in [1.82, 2.24) is 0 Å². The second-order valence-electron chi connectivity index (χ2n) is 17.4. The maximum Gasteiger partial charge on any atom is 0.362 e. The van der Waals surface area contributed by atoms with Crippen LogP contribution in [0.2, 0.25) is 0 Å². The van der Waals surface area contributed by atoms with Crippen molar-refractivity contribution in [3.63, 3.8) is 0 Å². The molecule has 0 aliphatic heterocycles. The molecule has 0 radical (unpaired) electrons. The lowest BCUT2D eigenvalue weighted by atomic mass is 10.0. The number of hydrogen-bond donors (Lipinski definition) is 1. The van der Waals surface area contributed by atoms with Gasteiger partial charge in [0.05, 0.1) is 34.4 Å². The fourth-order valence-corrected chi connectivity index (χ4v) is 7.15. The Balaban J connectivity index is 4.23. The second-order valence-corrected chi connectivity index (χ2v) is 17.4. The molecule has 0 aromatic rings. The van der Waals surface area contributed by atoms with E-state index in [2.05, 4.69) is 44.2 Å². The molecule has 0 aromatic heterocycles. The molecule has 0 fully saturated rings. The number of ether oxygens (including phenoxy) is 3. The molecule has 8 nitrogen and oxygen atoms in total. The van der Waals surface area contributed by atoms with Crippen molar-refractivity contribution in [2.75, 3.05) is 41.0 Å². The monoisotopic (exact) mass is 819 g/mol.